The number of carbonyl (C=O) groups is 2. The zero-order chi connectivity index (χ0) is 15.0. The molecule has 2 aliphatic heterocycles. The highest BCUT2D eigenvalue weighted by molar-refractivity contribution is 5.88. The molecule has 1 aromatic rings. The molecule has 0 aromatic heterocycles. The van der Waals surface area contributed by atoms with Crippen molar-refractivity contribution in [3.8, 4) is 11.5 Å². The summed E-state index contributed by atoms with van der Waals surface area (Å²) in [6.45, 7) is 2.29. The van der Waals surface area contributed by atoms with Gasteiger partial charge in [0.15, 0.2) is 11.5 Å². The number of carboxylic acid groups (broad SMARTS) is 1. The number of hydrogen-bond acceptors (Lipinski definition) is 4. The van der Waals surface area contributed by atoms with Crippen molar-refractivity contribution in [2.45, 2.75) is 31.7 Å². The summed E-state index contributed by atoms with van der Waals surface area (Å²) in [5.41, 5.74) is -0.295. The Kier molecular flexibility index (Phi) is 3.23. The zero-order valence-corrected chi connectivity index (χ0v) is 11.8. The van der Waals surface area contributed by atoms with Crippen molar-refractivity contribution in [1.82, 2.24) is 4.90 Å². The van der Waals surface area contributed by atoms with E-state index in [1.807, 2.05) is 0 Å². The molecule has 1 N–H and O–H groups in total. The maximum atomic E-state index is 12.4. The van der Waals surface area contributed by atoms with E-state index in [9.17, 15) is 14.7 Å². The summed E-state index contributed by atoms with van der Waals surface area (Å²) in [6.07, 6.45) is 1.38. The molecule has 2 heterocycles. The molecule has 1 fully saturated rings. The standard InChI is InChI=1S/C15H17NO5/c1-15(14(18)19)5-2-6-16(15)13(17)8-10-3-4-11-12(7-10)21-9-20-11/h3-4,7H,2,5-6,8-9H2,1H3,(H,18,19). The summed E-state index contributed by atoms with van der Waals surface area (Å²) >= 11 is 0. The van der Waals surface area contributed by atoms with E-state index in [1.165, 1.54) is 4.90 Å². The first-order valence-corrected chi connectivity index (χ1v) is 6.93. The average Bonchev–Trinajstić information content (AvgIpc) is 3.05. The number of hydrogen-bond donors (Lipinski definition) is 1. The van der Waals surface area contributed by atoms with Crippen molar-refractivity contribution in [2.24, 2.45) is 0 Å². The lowest BCUT2D eigenvalue weighted by Crippen LogP contribution is -2.51. The molecule has 1 aromatic carbocycles. The number of ether oxygens (including phenoxy) is 2. The van der Waals surface area contributed by atoms with Gasteiger partial charge in [0, 0.05) is 6.54 Å². The highest BCUT2D eigenvalue weighted by atomic mass is 16.7. The van der Waals surface area contributed by atoms with Crippen LogP contribution in [0, 0.1) is 0 Å². The third-order valence-corrected chi connectivity index (χ3v) is 4.20. The normalized spacial score (nSPS) is 23.4. The van der Waals surface area contributed by atoms with E-state index in [0.29, 0.717) is 24.5 Å². The van der Waals surface area contributed by atoms with Crippen LogP contribution in [-0.2, 0) is 16.0 Å². The molecule has 0 bridgehead atoms. The van der Waals surface area contributed by atoms with Gasteiger partial charge >= 0.3 is 5.97 Å². The van der Waals surface area contributed by atoms with Crippen molar-refractivity contribution >= 4 is 11.9 Å². The number of carboxylic acids is 1. The smallest absolute Gasteiger partial charge is 0.329 e. The van der Waals surface area contributed by atoms with Gasteiger partial charge in [-0.15, -0.1) is 0 Å². The minimum absolute atomic E-state index is 0.166. The largest absolute Gasteiger partial charge is 0.480 e. The Morgan fingerprint density at radius 3 is 2.86 bits per heavy atom. The number of likely N-dealkylation sites (tertiary alicyclic amines) is 1. The summed E-state index contributed by atoms with van der Waals surface area (Å²) in [6, 6.07) is 5.35. The molecule has 0 spiro atoms. The van der Waals surface area contributed by atoms with Gasteiger partial charge in [-0.3, -0.25) is 4.79 Å². The molecule has 2 aliphatic rings. The van der Waals surface area contributed by atoms with Gasteiger partial charge in [0.25, 0.3) is 0 Å². The van der Waals surface area contributed by atoms with E-state index in [4.69, 9.17) is 9.47 Å². The van der Waals surface area contributed by atoms with Crippen LogP contribution in [0.5, 0.6) is 11.5 Å². The number of carbonyl (C=O) groups excluding carboxylic acids is 1. The maximum Gasteiger partial charge on any atom is 0.329 e. The van der Waals surface area contributed by atoms with Gasteiger partial charge in [0.2, 0.25) is 12.7 Å². The summed E-state index contributed by atoms with van der Waals surface area (Å²) in [7, 11) is 0. The summed E-state index contributed by atoms with van der Waals surface area (Å²) in [4.78, 5) is 25.3. The summed E-state index contributed by atoms with van der Waals surface area (Å²) in [5.74, 6) is 0.181. The lowest BCUT2D eigenvalue weighted by atomic mass is 9.98. The van der Waals surface area contributed by atoms with Gasteiger partial charge in [-0.2, -0.15) is 0 Å². The molecule has 6 heteroatoms. The molecule has 1 amide bonds. The Labute approximate surface area is 122 Å². The number of aliphatic carboxylic acids is 1. The average molecular weight is 291 g/mol. The first kappa shape index (κ1) is 13.7. The SMILES string of the molecule is CC1(C(=O)O)CCCN1C(=O)Cc1ccc2c(c1)OCO2. The molecule has 21 heavy (non-hydrogen) atoms. The second-order valence-electron chi connectivity index (χ2n) is 5.59. The van der Waals surface area contributed by atoms with Crippen LogP contribution in [-0.4, -0.2) is 40.8 Å². The second-order valence-corrected chi connectivity index (χ2v) is 5.59. The van der Waals surface area contributed by atoms with Crippen LogP contribution >= 0.6 is 0 Å². The van der Waals surface area contributed by atoms with Crippen molar-refractivity contribution in [3.63, 3.8) is 0 Å². The highest BCUT2D eigenvalue weighted by Crippen LogP contribution is 2.34. The van der Waals surface area contributed by atoms with Crippen LogP contribution < -0.4 is 9.47 Å². The fraction of sp³-hybridized carbons (Fsp3) is 0.467. The predicted molar refractivity (Wildman–Crippen MR) is 73.3 cm³/mol. The molecule has 6 nitrogen and oxygen atoms in total. The molecule has 1 unspecified atom stereocenters. The molecule has 112 valence electrons. The fourth-order valence-electron chi connectivity index (χ4n) is 2.91. The second kappa shape index (κ2) is 4.95. The van der Waals surface area contributed by atoms with Gasteiger partial charge in [0.05, 0.1) is 6.42 Å². The van der Waals surface area contributed by atoms with E-state index in [-0.39, 0.29) is 19.1 Å². The molecular weight excluding hydrogens is 274 g/mol. The van der Waals surface area contributed by atoms with Crippen molar-refractivity contribution < 1.29 is 24.2 Å². The van der Waals surface area contributed by atoms with E-state index < -0.39 is 11.5 Å². The lowest BCUT2D eigenvalue weighted by Gasteiger charge is -2.31. The third kappa shape index (κ3) is 2.30. The Bertz CT molecular complexity index is 600. The minimum Gasteiger partial charge on any atom is -0.480 e. The highest BCUT2D eigenvalue weighted by Gasteiger charge is 2.45. The first-order valence-electron chi connectivity index (χ1n) is 6.93. The molecule has 0 radical (unpaired) electrons. The Balaban J connectivity index is 1.76. The van der Waals surface area contributed by atoms with Crippen LogP contribution in [0.15, 0.2) is 18.2 Å². The van der Waals surface area contributed by atoms with Crippen LogP contribution in [0.1, 0.15) is 25.3 Å². The predicted octanol–water partition coefficient (Wildman–Crippen LogP) is 1.42. The molecular formula is C15H17NO5. The zero-order valence-electron chi connectivity index (χ0n) is 11.8. The molecule has 0 saturated carbocycles. The lowest BCUT2D eigenvalue weighted by molar-refractivity contribution is -0.155. The summed E-state index contributed by atoms with van der Waals surface area (Å²) in [5, 5.41) is 9.35. The van der Waals surface area contributed by atoms with E-state index in [0.717, 1.165) is 12.0 Å². The van der Waals surface area contributed by atoms with Gasteiger partial charge in [0.1, 0.15) is 5.54 Å². The minimum atomic E-state index is -1.09. The monoisotopic (exact) mass is 291 g/mol. The molecule has 3 rings (SSSR count). The maximum absolute atomic E-state index is 12.4. The van der Waals surface area contributed by atoms with Gasteiger partial charge in [-0.1, -0.05) is 6.07 Å². The van der Waals surface area contributed by atoms with Gasteiger partial charge in [-0.05, 0) is 37.5 Å². The number of nitrogens with zero attached hydrogens (tertiary/aromatic N) is 1. The van der Waals surface area contributed by atoms with E-state index >= 15 is 0 Å². The van der Waals surface area contributed by atoms with Crippen molar-refractivity contribution in [3.05, 3.63) is 23.8 Å². The van der Waals surface area contributed by atoms with Crippen LogP contribution in [0.3, 0.4) is 0 Å². The quantitative estimate of drug-likeness (QED) is 0.911. The van der Waals surface area contributed by atoms with E-state index in [1.54, 1.807) is 25.1 Å². The Morgan fingerprint density at radius 1 is 1.33 bits per heavy atom. The summed E-state index contributed by atoms with van der Waals surface area (Å²) < 4.78 is 10.5. The first-order chi connectivity index (χ1) is 10.0. The van der Waals surface area contributed by atoms with Crippen LogP contribution in [0.4, 0.5) is 0 Å². The fourth-order valence-corrected chi connectivity index (χ4v) is 2.91. The van der Waals surface area contributed by atoms with Crippen molar-refractivity contribution in [1.29, 1.82) is 0 Å². The number of fused-ring (bicyclic) bond motifs is 1. The topological polar surface area (TPSA) is 76.1 Å². The number of benzene rings is 1. The number of amides is 1. The van der Waals surface area contributed by atoms with Crippen molar-refractivity contribution in [2.75, 3.05) is 13.3 Å². The Morgan fingerprint density at radius 2 is 2.10 bits per heavy atom. The molecule has 0 aliphatic carbocycles. The van der Waals surface area contributed by atoms with E-state index in [2.05, 4.69) is 0 Å². The van der Waals surface area contributed by atoms with Crippen LogP contribution in [0.2, 0.25) is 0 Å². The molecule has 1 atom stereocenters. The third-order valence-electron chi connectivity index (χ3n) is 4.20. The Hall–Kier alpha value is -2.24. The molecule has 1 saturated heterocycles. The number of rotatable bonds is 3. The van der Waals surface area contributed by atoms with Crippen LogP contribution in [0.25, 0.3) is 0 Å². The van der Waals surface area contributed by atoms with Gasteiger partial charge in [-0.25, -0.2) is 4.79 Å². The van der Waals surface area contributed by atoms with Gasteiger partial charge < -0.3 is 19.5 Å².